The number of rotatable bonds is 15. The third-order valence-electron chi connectivity index (χ3n) is 4.75. The van der Waals surface area contributed by atoms with Crippen LogP contribution in [0.25, 0.3) is 0 Å². The van der Waals surface area contributed by atoms with Crippen LogP contribution in [0.2, 0.25) is 0 Å². The van der Waals surface area contributed by atoms with E-state index >= 15 is 0 Å². The van der Waals surface area contributed by atoms with Gasteiger partial charge in [0, 0.05) is 0 Å². The van der Waals surface area contributed by atoms with Gasteiger partial charge in [-0.25, -0.2) is 9.78 Å². The smallest absolute Gasteiger partial charge is 0.0823 e. The molecular formula is C22H52Br3NO2. The van der Waals surface area contributed by atoms with Gasteiger partial charge in [0.2, 0.25) is 0 Å². The summed E-state index contributed by atoms with van der Waals surface area (Å²) in [6.07, 6.45) is 25.7. The van der Waals surface area contributed by atoms with Gasteiger partial charge in [0.05, 0.1) is 13.2 Å². The average Bonchev–Trinajstić information content (AvgIpc) is 2.64. The van der Waals surface area contributed by atoms with Gasteiger partial charge in [0.15, 0.2) is 0 Å². The van der Waals surface area contributed by atoms with E-state index in [4.69, 9.17) is 0 Å². The fourth-order valence-electron chi connectivity index (χ4n) is 3.06. The Morgan fingerprint density at radius 3 is 0.786 bits per heavy atom. The maximum Gasteiger partial charge on any atom is 0.0823 e. The maximum absolute atomic E-state index is 4.57. The number of unbranched alkanes of at least 4 members (excludes halogenated alkanes) is 15. The Morgan fingerprint density at radius 1 is 0.429 bits per heavy atom. The molecule has 0 spiro atoms. The molecule has 0 aromatic rings. The van der Waals surface area contributed by atoms with Crippen LogP contribution in [0.4, 0.5) is 0 Å². The van der Waals surface area contributed by atoms with E-state index in [-0.39, 0.29) is 57.1 Å². The minimum Gasteiger partial charge on any atom is -0.344 e. The highest BCUT2D eigenvalue weighted by Gasteiger charge is 1.96. The predicted molar refractivity (Wildman–Crippen MR) is 142 cm³/mol. The average molecular weight is 602 g/mol. The molecule has 0 aliphatic carbocycles. The van der Waals surface area contributed by atoms with Crippen LogP contribution < -0.4 is 6.15 Å². The first-order chi connectivity index (χ1) is 11.9. The molecule has 1 fully saturated rings. The van der Waals surface area contributed by atoms with Gasteiger partial charge in [-0.3, -0.25) is 0 Å². The number of hydrogen-bond acceptors (Lipinski definition) is 3. The summed E-state index contributed by atoms with van der Waals surface area (Å²) in [5.74, 6) is 0. The zero-order valence-electron chi connectivity index (χ0n) is 18.9. The van der Waals surface area contributed by atoms with Crippen LogP contribution in [0.1, 0.15) is 129 Å². The summed E-state index contributed by atoms with van der Waals surface area (Å²) in [5, 5.41) is 0. The molecule has 6 heteroatoms. The van der Waals surface area contributed by atoms with E-state index in [9.17, 15) is 0 Å². The second-order valence-electron chi connectivity index (χ2n) is 7.30. The fraction of sp³-hybridized carbons (Fsp3) is 1.00. The molecule has 1 heterocycles. The summed E-state index contributed by atoms with van der Waals surface area (Å²) in [6, 6.07) is 0. The van der Waals surface area contributed by atoms with E-state index in [2.05, 4.69) is 23.6 Å². The molecule has 178 valence electrons. The van der Waals surface area contributed by atoms with Crippen LogP contribution in [0, 0.1) is 0 Å². The van der Waals surface area contributed by atoms with Crippen molar-refractivity contribution in [1.29, 1.82) is 0 Å². The second kappa shape index (κ2) is 38.9. The van der Waals surface area contributed by atoms with Crippen molar-refractivity contribution in [3.05, 3.63) is 0 Å². The van der Waals surface area contributed by atoms with E-state index in [1.807, 2.05) is 0 Å². The van der Waals surface area contributed by atoms with Gasteiger partial charge in [-0.15, -0.1) is 50.9 Å². The molecule has 1 aliphatic heterocycles. The van der Waals surface area contributed by atoms with Crippen molar-refractivity contribution in [3.63, 3.8) is 0 Å². The van der Waals surface area contributed by atoms with Crippen LogP contribution in [-0.2, 0) is 9.78 Å². The molecule has 0 radical (unpaired) electrons. The minimum absolute atomic E-state index is 0. The van der Waals surface area contributed by atoms with Gasteiger partial charge < -0.3 is 6.15 Å². The van der Waals surface area contributed by atoms with Gasteiger partial charge in [-0.2, -0.15) is 0 Å². The molecule has 0 aromatic carbocycles. The third kappa shape index (κ3) is 38.0. The van der Waals surface area contributed by atoms with Crippen molar-refractivity contribution in [2.24, 2.45) is 0 Å². The van der Waals surface area contributed by atoms with Crippen molar-refractivity contribution in [2.45, 2.75) is 129 Å². The molecule has 3 N–H and O–H groups in total. The summed E-state index contributed by atoms with van der Waals surface area (Å²) in [5.41, 5.74) is 0. The van der Waals surface area contributed by atoms with Crippen LogP contribution in [0.15, 0.2) is 0 Å². The lowest BCUT2D eigenvalue weighted by Crippen LogP contribution is -2.05. The Kier molecular flexibility index (Phi) is 55.2. The second-order valence-corrected chi connectivity index (χ2v) is 7.30. The van der Waals surface area contributed by atoms with Crippen LogP contribution >= 0.6 is 50.9 Å². The lowest BCUT2D eigenvalue weighted by molar-refractivity contribution is -0.312. The number of hydrogen-bond donors (Lipinski definition) is 1. The molecule has 28 heavy (non-hydrogen) atoms. The first kappa shape index (κ1) is 39.8. The van der Waals surface area contributed by atoms with Gasteiger partial charge in [-0.1, -0.05) is 117 Å². The van der Waals surface area contributed by atoms with E-state index in [1.54, 1.807) is 0 Å². The fourth-order valence-corrected chi connectivity index (χ4v) is 3.06. The van der Waals surface area contributed by atoms with Crippen molar-refractivity contribution in [1.82, 2.24) is 6.15 Å². The Bertz CT molecular complexity index is 194. The molecule has 0 unspecified atom stereocenters. The molecule has 1 rings (SSSR count). The molecule has 0 aromatic heterocycles. The zero-order chi connectivity index (χ0) is 17.6. The highest BCUT2D eigenvalue weighted by atomic mass is 79.9. The third-order valence-corrected chi connectivity index (χ3v) is 4.75. The van der Waals surface area contributed by atoms with Gasteiger partial charge in [-0.05, 0) is 12.8 Å². The first-order valence-corrected chi connectivity index (χ1v) is 11.2. The molecule has 0 amide bonds. The van der Waals surface area contributed by atoms with Crippen molar-refractivity contribution in [3.8, 4) is 0 Å². The van der Waals surface area contributed by atoms with E-state index in [1.165, 1.54) is 103 Å². The summed E-state index contributed by atoms with van der Waals surface area (Å²) in [6.45, 7) is 6.14. The lowest BCUT2D eigenvalue weighted by Gasteiger charge is -2.07. The quantitative estimate of drug-likeness (QED) is 0.150. The highest BCUT2D eigenvalue weighted by molar-refractivity contribution is 8.93. The Labute approximate surface area is 208 Å². The molecule has 3 nitrogen and oxygen atoms in total. The standard InChI is InChI=1S/C18H38.C4H8O2.3BrH.H3N/c1-3-5-7-9-11-13-15-17-18-16-14-12-10-8-6-4-2;1-2-4-6-5-3-1;;;;/h3-18H2,1-2H3;1-4H2;3*1H;1H3. The van der Waals surface area contributed by atoms with E-state index in [0.29, 0.717) is 0 Å². The lowest BCUT2D eigenvalue weighted by atomic mass is 10.0. The van der Waals surface area contributed by atoms with E-state index < -0.39 is 0 Å². The molecule has 0 saturated carbocycles. The highest BCUT2D eigenvalue weighted by Crippen LogP contribution is 2.13. The first-order valence-electron chi connectivity index (χ1n) is 11.2. The van der Waals surface area contributed by atoms with Crippen LogP contribution in [0.5, 0.6) is 0 Å². The molecule has 0 atom stereocenters. The maximum atomic E-state index is 4.57. The van der Waals surface area contributed by atoms with Crippen LogP contribution in [0.3, 0.4) is 0 Å². The summed E-state index contributed by atoms with van der Waals surface area (Å²) in [7, 11) is 0. The predicted octanol–water partition coefficient (Wildman–Crippen LogP) is 9.89. The summed E-state index contributed by atoms with van der Waals surface area (Å²) >= 11 is 0. The van der Waals surface area contributed by atoms with E-state index in [0.717, 1.165) is 26.1 Å². The van der Waals surface area contributed by atoms with Crippen LogP contribution in [-0.4, -0.2) is 13.2 Å². The Balaban J connectivity index is -0.000000151. The van der Waals surface area contributed by atoms with Gasteiger partial charge in [0.25, 0.3) is 0 Å². The topological polar surface area (TPSA) is 53.5 Å². The van der Waals surface area contributed by atoms with Gasteiger partial charge in [0.1, 0.15) is 0 Å². The normalized spacial score (nSPS) is 12.2. The minimum atomic E-state index is 0. The molecule has 0 bridgehead atoms. The Morgan fingerprint density at radius 2 is 0.643 bits per heavy atom. The SMILES string of the molecule is Br.Br.Br.C1CCOOC1.CCCCCCCCCCCCCCCCCC.N. The Hall–Kier alpha value is 1.32. The largest absolute Gasteiger partial charge is 0.344 e. The van der Waals surface area contributed by atoms with Gasteiger partial charge >= 0.3 is 0 Å². The number of halogens is 3. The zero-order valence-corrected chi connectivity index (χ0v) is 24.0. The molecular weight excluding hydrogens is 550 g/mol. The van der Waals surface area contributed by atoms with Crippen molar-refractivity contribution in [2.75, 3.05) is 13.2 Å². The molecule has 1 aliphatic rings. The summed E-state index contributed by atoms with van der Waals surface area (Å²) in [4.78, 5) is 9.14. The van der Waals surface area contributed by atoms with Crippen molar-refractivity contribution < 1.29 is 9.78 Å². The summed E-state index contributed by atoms with van der Waals surface area (Å²) < 4.78 is 0. The van der Waals surface area contributed by atoms with Crippen molar-refractivity contribution >= 4 is 50.9 Å². The monoisotopic (exact) mass is 599 g/mol. The molecule has 1 saturated heterocycles.